The minimum Gasteiger partial charge on any atom is -0.285 e. The summed E-state index contributed by atoms with van der Waals surface area (Å²) in [6.07, 6.45) is 0. The number of hydrogen-bond acceptors (Lipinski definition) is 4. The normalized spacial score (nSPS) is 11.0. The fourth-order valence-corrected chi connectivity index (χ4v) is 2.07. The Morgan fingerprint density at radius 2 is 2.37 bits per heavy atom. The summed E-state index contributed by atoms with van der Waals surface area (Å²) >= 11 is 1.36. The molecule has 1 heterocycles. The molecular weight excluding hydrogens is 262 g/mol. The topological polar surface area (TPSA) is 118 Å². The average molecular weight is 276 g/mol. The molecule has 0 fully saturated rings. The van der Waals surface area contributed by atoms with Crippen molar-refractivity contribution in [3.8, 4) is 11.4 Å². The van der Waals surface area contributed by atoms with E-state index in [1.165, 1.54) is 17.3 Å². The van der Waals surface area contributed by atoms with Crippen LogP contribution in [0.5, 0.6) is 0 Å². The second kappa shape index (κ2) is 6.10. The minimum absolute atomic E-state index is 0.328. The molecule has 0 bridgehead atoms. The second-order valence-corrected chi connectivity index (χ2v) is 4.77. The van der Waals surface area contributed by atoms with E-state index in [0.29, 0.717) is 16.7 Å². The van der Waals surface area contributed by atoms with Gasteiger partial charge in [0.05, 0.1) is 5.11 Å². The monoisotopic (exact) mass is 276 g/mol. The van der Waals surface area contributed by atoms with Gasteiger partial charge < -0.3 is 0 Å². The molecule has 19 heavy (non-hydrogen) atoms. The molecule has 7 nitrogen and oxygen atoms in total. The van der Waals surface area contributed by atoms with Crippen LogP contribution < -0.4 is 11.3 Å². The first-order chi connectivity index (χ1) is 9.19. The van der Waals surface area contributed by atoms with Gasteiger partial charge in [-0.2, -0.15) is 0 Å². The van der Waals surface area contributed by atoms with E-state index in [9.17, 15) is 0 Å². The van der Waals surface area contributed by atoms with Gasteiger partial charge in [-0.25, -0.2) is 4.98 Å². The number of aryl methyl sites for hydroxylation is 1. The van der Waals surface area contributed by atoms with Gasteiger partial charge in [0.15, 0.2) is 5.82 Å². The maximum atomic E-state index is 5.56. The summed E-state index contributed by atoms with van der Waals surface area (Å²) in [4.78, 5) is 4.38. The van der Waals surface area contributed by atoms with Crippen LogP contribution in [-0.2, 0) is 0 Å². The SMILES string of the molecule is Cc1cccc(-c2nc(SCC(=[NH2+])N=NN)n[nH]2)c1. The van der Waals surface area contributed by atoms with Crippen molar-refractivity contribution in [2.24, 2.45) is 16.2 Å². The van der Waals surface area contributed by atoms with Crippen molar-refractivity contribution in [3.63, 3.8) is 0 Å². The number of nitrogens with zero attached hydrogens (tertiary/aromatic N) is 4. The molecule has 8 heteroatoms. The van der Waals surface area contributed by atoms with E-state index in [0.717, 1.165) is 11.4 Å². The summed E-state index contributed by atoms with van der Waals surface area (Å²) in [5, 5.41) is 19.8. The Labute approximate surface area is 114 Å². The molecule has 0 unspecified atom stereocenters. The molecule has 0 spiro atoms. The number of nitrogens with two attached hydrogens (primary N) is 2. The van der Waals surface area contributed by atoms with Gasteiger partial charge in [0.25, 0.3) is 0 Å². The Balaban J connectivity index is 2.05. The number of nitrogens with one attached hydrogen (secondary N) is 1. The van der Waals surface area contributed by atoms with Crippen molar-refractivity contribution in [3.05, 3.63) is 29.8 Å². The third kappa shape index (κ3) is 3.62. The highest BCUT2D eigenvalue weighted by atomic mass is 32.2. The standard InChI is InChI=1S/C11H13N7S/c1-7-3-2-4-8(5-7)10-14-11(17-16-10)19-6-9(12)15-18-13/h2-5H,6H2,1H3,(H3,12,13,15)(H,14,16,17)/p+1. The molecule has 0 saturated heterocycles. The van der Waals surface area contributed by atoms with Gasteiger partial charge in [0.1, 0.15) is 5.75 Å². The van der Waals surface area contributed by atoms with Crippen molar-refractivity contribution in [2.45, 2.75) is 12.1 Å². The van der Waals surface area contributed by atoms with E-state index >= 15 is 0 Å². The van der Waals surface area contributed by atoms with Crippen molar-refractivity contribution in [1.82, 2.24) is 15.2 Å². The van der Waals surface area contributed by atoms with Gasteiger partial charge >= 0.3 is 5.84 Å². The van der Waals surface area contributed by atoms with Crippen LogP contribution in [-0.4, -0.2) is 26.8 Å². The number of thioether (sulfide) groups is 1. The number of rotatable bonds is 4. The van der Waals surface area contributed by atoms with E-state index in [1.54, 1.807) is 0 Å². The molecular formula is C11H14N7S+. The number of hydrogen-bond donors (Lipinski definition) is 3. The van der Waals surface area contributed by atoms with Crippen molar-refractivity contribution >= 4 is 17.6 Å². The molecule has 5 N–H and O–H groups in total. The highest BCUT2D eigenvalue weighted by molar-refractivity contribution is 7.99. The number of aromatic nitrogens is 3. The van der Waals surface area contributed by atoms with Crippen LogP contribution in [0.2, 0.25) is 0 Å². The van der Waals surface area contributed by atoms with E-state index in [2.05, 4.69) is 25.5 Å². The van der Waals surface area contributed by atoms with Gasteiger partial charge in [0.2, 0.25) is 5.16 Å². The quantitative estimate of drug-likeness (QED) is 0.186. The molecule has 98 valence electrons. The van der Waals surface area contributed by atoms with E-state index in [-0.39, 0.29) is 0 Å². The zero-order chi connectivity index (χ0) is 13.7. The molecule has 2 aromatic rings. The summed E-state index contributed by atoms with van der Waals surface area (Å²) < 4.78 is 0. The Hall–Kier alpha value is -2.22. The van der Waals surface area contributed by atoms with E-state index in [1.807, 2.05) is 31.2 Å². The Bertz CT molecular complexity index is 605. The number of benzene rings is 1. The van der Waals surface area contributed by atoms with Crippen LogP contribution in [0, 0.1) is 6.92 Å². The smallest absolute Gasteiger partial charge is 0.285 e. The molecule has 2 rings (SSSR count). The van der Waals surface area contributed by atoms with Crippen molar-refractivity contribution in [1.29, 1.82) is 0 Å². The first-order valence-corrected chi connectivity index (χ1v) is 6.52. The first-order valence-electron chi connectivity index (χ1n) is 5.53. The minimum atomic E-state index is 0.328. The summed E-state index contributed by atoms with van der Waals surface area (Å²) in [5.74, 6) is 6.40. The van der Waals surface area contributed by atoms with Gasteiger partial charge in [-0.3, -0.25) is 16.4 Å². The second-order valence-electron chi connectivity index (χ2n) is 3.83. The number of amidine groups is 1. The lowest BCUT2D eigenvalue weighted by Crippen LogP contribution is -2.39. The third-order valence-electron chi connectivity index (χ3n) is 2.29. The Kier molecular flexibility index (Phi) is 4.24. The maximum Gasteiger partial charge on any atom is 0.329 e. The highest BCUT2D eigenvalue weighted by Gasteiger charge is 2.10. The molecule has 0 atom stereocenters. The summed E-state index contributed by atoms with van der Waals surface area (Å²) in [5.41, 5.74) is 2.17. The fraction of sp³-hybridized carbons (Fsp3) is 0.182. The number of aromatic amines is 1. The zero-order valence-electron chi connectivity index (χ0n) is 10.4. The van der Waals surface area contributed by atoms with Gasteiger partial charge in [0, 0.05) is 10.8 Å². The lowest BCUT2D eigenvalue weighted by Gasteiger charge is -1.96. The van der Waals surface area contributed by atoms with E-state index < -0.39 is 0 Å². The van der Waals surface area contributed by atoms with Crippen LogP contribution in [0.15, 0.2) is 39.8 Å². The van der Waals surface area contributed by atoms with Crippen LogP contribution in [0.4, 0.5) is 0 Å². The van der Waals surface area contributed by atoms with Crippen molar-refractivity contribution < 1.29 is 5.41 Å². The predicted octanol–water partition coefficient (Wildman–Crippen LogP) is 0.356. The fourth-order valence-electron chi connectivity index (χ4n) is 1.47. The predicted molar refractivity (Wildman–Crippen MR) is 73.3 cm³/mol. The molecule has 0 saturated carbocycles. The number of H-pyrrole nitrogens is 1. The van der Waals surface area contributed by atoms with Crippen LogP contribution >= 0.6 is 11.8 Å². The first kappa shape index (κ1) is 13.2. The molecule has 1 aromatic heterocycles. The Morgan fingerprint density at radius 3 is 3.11 bits per heavy atom. The molecule has 0 aliphatic heterocycles. The molecule has 0 radical (unpaired) electrons. The van der Waals surface area contributed by atoms with E-state index in [4.69, 9.17) is 11.3 Å². The van der Waals surface area contributed by atoms with Crippen molar-refractivity contribution in [2.75, 3.05) is 5.75 Å². The van der Waals surface area contributed by atoms with Gasteiger partial charge in [-0.1, -0.05) is 35.5 Å². The average Bonchev–Trinajstić information content (AvgIpc) is 2.85. The van der Waals surface area contributed by atoms with Crippen LogP contribution in [0.1, 0.15) is 5.56 Å². The summed E-state index contributed by atoms with van der Waals surface area (Å²) in [6, 6.07) is 8.03. The van der Waals surface area contributed by atoms with Crippen LogP contribution in [0.3, 0.4) is 0 Å². The van der Waals surface area contributed by atoms with Gasteiger partial charge in [-0.15, -0.1) is 5.10 Å². The van der Waals surface area contributed by atoms with Gasteiger partial charge in [-0.05, 0) is 13.0 Å². The molecule has 0 aliphatic rings. The largest absolute Gasteiger partial charge is 0.329 e. The summed E-state index contributed by atoms with van der Waals surface area (Å²) in [7, 11) is 0. The molecule has 1 aromatic carbocycles. The highest BCUT2D eigenvalue weighted by Crippen LogP contribution is 2.19. The molecule has 0 aliphatic carbocycles. The third-order valence-corrected chi connectivity index (χ3v) is 3.17. The molecule has 0 amide bonds. The summed E-state index contributed by atoms with van der Waals surface area (Å²) in [6.45, 7) is 2.03. The Morgan fingerprint density at radius 1 is 1.53 bits per heavy atom. The lowest BCUT2D eigenvalue weighted by molar-refractivity contribution is -0.115. The van der Waals surface area contributed by atoms with Crippen LogP contribution in [0.25, 0.3) is 11.4 Å². The zero-order valence-corrected chi connectivity index (χ0v) is 11.2. The maximum absolute atomic E-state index is 5.56. The lowest BCUT2D eigenvalue weighted by atomic mass is 10.1.